The summed E-state index contributed by atoms with van der Waals surface area (Å²) in [7, 11) is 1.49. The molecule has 2 amide bonds. The fraction of sp³-hybridized carbons (Fsp3) is 0.314. The molecule has 1 saturated heterocycles. The number of carboxylic acid groups (broad SMARTS) is 1. The molecular weight excluding hydrogens is 684 g/mol. The normalized spacial score (nSPS) is 17.7. The van der Waals surface area contributed by atoms with E-state index in [1.165, 1.54) is 29.0 Å². The maximum Gasteiger partial charge on any atom is 0.404 e. The van der Waals surface area contributed by atoms with Crippen LogP contribution in [-0.4, -0.2) is 88.3 Å². The SMILES string of the molecule is COc1cc(C(=O)N2C[C@H](F)C[C@@H](NC(=O)O)C2)cc2nc(-c3cc4cccnc4n3CC3CC3)n(Cc3cnn(-c4ncc(Cl)cc4F)c3)c12. The number of carbonyl (C=O) groups is 2. The molecule has 2 aliphatic rings. The first-order valence-electron chi connectivity index (χ1n) is 16.5. The van der Waals surface area contributed by atoms with Crippen molar-refractivity contribution in [2.24, 2.45) is 5.92 Å². The number of carbonyl (C=O) groups excluding carboxylic acids is 1. The molecule has 6 aromatic rings. The number of benzene rings is 1. The zero-order chi connectivity index (χ0) is 35.4. The van der Waals surface area contributed by atoms with Gasteiger partial charge in [-0.05, 0) is 55.2 Å². The largest absolute Gasteiger partial charge is 0.494 e. The topological polar surface area (TPSA) is 145 Å². The molecule has 0 spiro atoms. The van der Waals surface area contributed by atoms with Crippen molar-refractivity contribution in [3.63, 3.8) is 0 Å². The smallest absolute Gasteiger partial charge is 0.404 e. The van der Waals surface area contributed by atoms with Crippen LogP contribution < -0.4 is 10.1 Å². The predicted molar refractivity (Wildman–Crippen MR) is 184 cm³/mol. The number of hydrogen-bond donors (Lipinski definition) is 2. The second-order valence-electron chi connectivity index (χ2n) is 13.0. The lowest BCUT2D eigenvalue weighted by Gasteiger charge is -2.34. The van der Waals surface area contributed by atoms with Crippen LogP contribution in [0.15, 0.2) is 61.2 Å². The van der Waals surface area contributed by atoms with Crippen LogP contribution in [0, 0.1) is 11.7 Å². The van der Waals surface area contributed by atoms with E-state index in [2.05, 4.69) is 20.0 Å². The number of fused-ring (bicyclic) bond motifs is 2. The second kappa shape index (κ2) is 13.0. The molecule has 2 atom stereocenters. The van der Waals surface area contributed by atoms with Crippen molar-refractivity contribution in [3.8, 4) is 23.1 Å². The Hall–Kier alpha value is -5.57. The minimum Gasteiger partial charge on any atom is -0.494 e. The van der Waals surface area contributed by atoms with Gasteiger partial charge in [-0.1, -0.05) is 11.6 Å². The van der Waals surface area contributed by atoms with Gasteiger partial charge in [-0.2, -0.15) is 5.10 Å². The molecule has 1 aliphatic carbocycles. The van der Waals surface area contributed by atoms with Crippen molar-refractivity contribution in [2.45, 2.75) is 44.6 Å². The van der Waals surface area contributed by atoms with E-state index in [-0.39, 0.29) is 42.5 Å². The molecule has 0 unspecified atom stereocenters. The van der Waals surface area contributed by atoms with Crippen LogP contribution in [0.2, 0.25) is 5.02 Å². The highest BCUT2D eigenvalue weighted by Gasteiger charge is 2.33. The van der Waals surface area contributed by atoms with E-state index in [1.54, 1.807) is 30.7 Å². The van der Waals surface area contributed by atoms with Gasteiger partial charge in [0.15, 0.2) is 17.5 Å². The van der Waals surface area contributed by atoms with Crippen molar-refractivity contribution in [1.82, 2.24) is 44.1 Å². The summed E-state index contributed by atoms with van der Waals surface area (Å²) in [5.41, 5.74) is 3.62. The number of imidazole rings is 1. The number of rotatable bonds is 9. The van der Waals surface area contributed by atoms with E-state index in [1.807, 2.05) is 22.8 Å². The highest BCUT2D eigenvalue weighted by molar-refractivity contribution is 6.30. The minimum absolute atomic E-state index is 0.00763. The molecule has 51 heavy (non-hydrogen) atoms. The van der Waals surface area contributed by atoms with Gasteiger partial charge in [-0.15, -0.1) is 0 Å². The highest BCUT2D eigenvalue weighted by Crippen LogP contribution is 2.38. The number of alkyl halides is 1. The molecule has 8 rings (SSSR count). The number of nitrogens with zero attached hydrogens (tertiary/aromatic N) is 8. The van der Waals surface area contributed by atoms with Crippen molar-refractivity contribution in [3.05, 3.63) is 83.2 Å². The molecule has 262 valence electrons. The molecule has 5 aromatic heterocycles. The molecule has 13 nitrogen and oxygen atoms in total. The van der Waals surface area contributed by atoms with E-state index >= 15 is 0 Å². The van der Waals surface area contributed by atoms with E-state index in [0.717, 1.165) is 36.1 Å². The number of ether oxygens (including phenoxy) is 1. The Bertz CT molecular complexity index is 2320. The third-order valence-corrected chi connectivity index (χ3v) is 9.50. The maximum absolute atomic E-state index is 14.8. The quantitative estimate of drug-likeness (QED) is 0.194. The first kappa shape index (κ1) is 32.6. The first-order chi connectivity index (χ1) is 24.6. The van der Waals surface area contributed by atoms with Crippen LogP contribution in [0.5, 0.6) is 5.75 Å². The summed E-state index contributed by atoms with van der Waals surface area (Å²) in [6.07, 6.45) is 5.94. The second-order valence-corrected chi connectivity index (χ2v) is 13.4. The van der Waals surface area contributed by atoms with Crippen LogP contribution in [0.25, 0.3) is 39.4 Å². The Kier molecular flexibility index (Phi) is 8.29. The van der Waals surface area contributed by atoms with Crippen LogP contribution in [0.1, 0.15) is 35.2 Å². The van der Waals surface area contributed by atoms with Gasteiger partial charge in [0.05, 0.1) is 48.7 Å². The molecule has 1 aliphatic heterocycles. The van der Waals surface area contributed by atoms with Gasteiger partial charge in [-0.3, -0.25) is 4.79 Å². The lowest BCUT2D eigenvalue weighted by atomic mass is 10.0. The van der Waals surface area contributed by atoms with Crippen LogP contribution in [0.4, 0.5) is 13.6 Å². The van der Waals surface area contributed by atoms with Crippen molar-refractivity contribution in [1.29, 1.82) is 0 Å². The average Bonchev–Trinajstić information content (AvgIpc) is 3.51. The van der Waals surface area contributed by atoms with Crippen LogP contribution >= 0.6 is 11.6 Å². The lowest BCUT2D eigenvalue weighted by Crippen LogP contribution is -2.53. The lowest BCUT2D eigenvalue weighted by molar-refractivity contribution is 0.0577. The van der Waals surface area contributed by atoms with Crippen molar-refractivity contribution >= 4 is 45.7 Å². The summed E-state index contributed by atoms with van der Waals surface area (Å²) in [4.78, 5) is 40.3. The third kappa shape index (κ3) is 6.33. The molecule has 1 aromatic carbocycles. The minimum atomic E-state index is -1.39. The van der Waals surface area contributed by atoms with Gasteiger partial charge in [0.2, 0.25) is 0 Å². The molecule has 2 N–H and O–H groups in total. The molecule has 2 fully saturated rings. The van der Waals surface area contributed by atoms with Gasteiger partial charge in [0, 0.05) is 54.6 Å². The Balaban J connectivity index is 1.25. The number of pyridine rings is 2. The van der Waals surface area contributed by atoms with Crippen LogP contribution in [0.3, 0.4) is 0 Å². The summed E-state index contributed by atoms with van der Waals surface area (Å²) >= 11 is 5.92. The van der Waals surface area contributed by atoms with E-state index in [9.17, 15) is 23.5 Å². The van der Waals surface area contributed by atoms with Gasteiger partial charge in [0.1, 0.15) is 23.1 Å². The predicted octanol–water partition coefficient (Wildman–Crippen LogP) is 5.71. The van der Waals surface area contributed by atoms with Gasteiger partial charge in [0.25, 0.3) is 5.91 Å². The molecule has 6 heterocycles. The summed E-state index contributed by atoms with van der Waals surface area (Å²) in [6.45, 7) is 0.844. The number of nitrogens with one attached hydrogen (secondary N) is 1. The van der Waals surface area contributed by atoms with E-state index in [0.29, 0.717) is 34.1 Å². The number of amides is 2. The Labute approximate surface area is 294 Å². The highest BCUT2D eigenvalue weighted by atomic mass is 35.5. The van der Waals surface area contributed by atoms with E-state index < -0.39 is 30.0 Å². The fourth-order valence-electron chi connectivity index (χ4n) is 6.86. The average molecular weight is 716 g/mol. The Morgan fingerprint density at radius 3 is 2.73 bits per heavy atom. The van der Waals surface area contributed by atoms with E-state index in [4.69, 9.17) is 26.3 Å². The Morgan fingerprint density at radius 2 is 1.96 bits per heavy atom. The zero-order valence-corrected chi connectivity index (χ0v) is 28.1. The molecule has 16 heteroatoms. The maximum atomic E-state index is 14.8. The van der Waals surface area contributed by atoms with Crippen molar-refractivity contribution in [2.75, 3.05) is 20.2 Å². The summed E-state index contributed by atoms with van der Waals surface area (Å²) in [5, 5.41) is 17.0. The van der Waals surface area contributed by atoms with Gasteiger partial charge in [-0.25, -0.2) is 33.2 Å². The standard InChI is InChI=1S/C35H32ClF2N9O4/c1-51-29-9-22(34(48)44-17-24(37)11-25(18-44)42-35(49)50)7-27-30(29)46(15-20-12-41-47(16-20)32-26(38)10-23(36)13-40-32)33(43-27)28-8-21-3-2-6-39-31(21)45(28)14-19-4-5-19/h2-3,6-10,12-13,16,19,24-25,42H,4-5,11,14-15,17-18H2,1H3,(H,49,50)/t24-,25-/m1/s1. The number of methoxy groups -OCH3 is 1. The molecule has 0 radical (unpaired) electrons. The number of likely N-dealkylation sites (tertiary alicyclic amines) is 1. The fourth-order valence-corrected chi connectivity index (χ4v) is 7.00. The first-order valence-corrected chi connectivity index (χ1v) is 16.8. The van der Waals surface area contributed by atoms with Crippen molar-refractivity contribution < 1.29 is 28.2 Å². The molecule has 0 bridgehead atoms. The molecular formula is C35H32ClF2N9O4. The Morgan fingerprint density at radius 1 is 1.12 bits per heavy atom. The van der Waals surface area contributed by atoms with Crippen LogP contribution in [-0.2, 0) is 13.1 Å². The zero-order valence-electron chi connectivity index (χ0n) is 27.3. The monoisotopic (exact) mass is 715 g/mol. The molecule has 1 saturated carbocycles. The number of piperidine rings is 1. The third-order valence-electron chi connectivity index (χ3n) is 9.29. The van der Waals surface area contributed by atoms with Gasteiger partial charge >= 0.3 is 6.09 Å². The number of halogens is 3. The summed E-state index contributed by atoms with van der Waals surface area (Å²) < 4.78 is 40.9. The summed E-state index contributed by atoms with van der Waals surface area (Å²) in [5.74, 6) is 0.344. The van der Waals surface area contributed by atoms with Gasteiger partial charge < -0.3 is 29.2 Å². The number of aromatic nitrogens is 7. The summed E-state index contributed by atoms with van der Waals surface area (Å²) in [6, 6.07) is 9.59. The number of hydrogen-bond acceptors (Lipinski definition) is 7.